The molecule has 1 atom stereocenters. The van der Waals surface area contributed by atoms with E-state index >= 15 is 0 Å². The highest BCUT2D eigenvalue weighted by Crippen LogP contribution is 2.18. The average molecular weight is 207 g/mol. The molecular formula is C12H21N3. The van der Waals surface area contributed by atoms with Gasteiger partial charge in [0.05, 0.1) is 12.7 Å². The van der Waals surface area contributed by atoms with Gasteiger partial charge in [-0.1, -0.05) is 12.8 Å². The number of aromatic nitrogens is 2. The summed E-state index contributed by atoms with van der Waals surface area (Å²) >= 11 is 0. The highest BCUT2D eigenvalue weighted by Gasteiger charge is 2.16. The lowest BCUT2D eigenvalue weighted by Gasteiger charge is -2.19. The van der Waals surface area contributed by atoms with E-state index in [1.807, 2.05) is 10.9 Å². The van der Waals surface area contributed by atoms with Crippen LogP contribution in [0.25, 0.3) is 0 Å². The largest absolute Gasteiger partial charge is 0.310 e. The second-order valence-electron chi connectivity index (χ2n) is 4.79. The van der Waals surface area contributed by atoms with E-state index in [4.69, 9.17) is 0 Å². The van der Waals surface area contributed by atoms with Gasteiger partial charge in [0, 0.05) is 18.3 Å². The predicted octanol–water partition coefficient (Wildman–Crippen LogP) is 2.11. The van der Waals surface area contributed by atoms with Crippen molar-refractivity contribution in [2.24, 2.45) is 0 Å². The van der Waals surface area contributed by atoms with Crippen molar-refractivity contribution in [3.63, 3.8) is 0 Å². The van der Waals surface area contributed by atoms with Crippen molar-refractivity contribution >= 4 is 0 Å². The maximum Gasteiger partial charge on any atom is 0.0560 e. The molecule has 1 aliphatic rings. The molecule has 3 heteroatoms. The quantitative estimate of drug-likeness (QED) is 0.819. The summed E-state index contributed by atoms with van der Waals surface area (Å²) in [5.74, 6) is 0. The first-order chi connectivity index (χ1) is 7.24. The van der Waals surface area contributed by atoms with Crippen molar-refractivity contribution in [3.05, 3.63) is 18.0 Å². The van der Waals surface area contributed by atoms with Crippen LogP contribution in [0.15, 0.2) is 12.4 Å². The van der Waals surface area contributed by atoms with Crippen molar-refractivity contribution in [2.45, 2.75) is 58.2 Å². The van der Waals surface area contributed by atoms with Crippen molar-refractivity contribution in [2.75, 3.05) is 0 Å². The van der Waals surface area contributed by atoms with E-state index in [2.05, 4.69) is 30.5 Å². The molecule has 1 aromatic heterocycles. The number of hydrogen-bond donors (Lipinski definition) is 1. The summed E-state index contributed by atoms with van der Waals surface area (Å²) in [5.41, 5.74) is 1.24. The minimum Gasteiger partial charge on any atom is -0.310 e. The van der Waals surface area contributed by atoms with Gasteiger partial charge in [-0.25, -0.2) is 0 Å². The van der Waals surface area contributed by atoms with Crippen LogP contribution in [-0.2, 0) is 6.54 Å². The molecule has 1 fully saturated rings. The fraction of sp³-hybridized carbons (Fsp3) is 0.750. The Balaban J connectivity index is 1.78. The zero-order valence-corrected chi connectivity index (χ0v) is 9.74. The Hall–Kier alpha value is -0.830. The Morgan fingerprint density at radius 3 is 2.87 bits per heavy atom. The van der Waals surface area contributed by atoms with Crippen LogP contribution >= 0.6 is 0 Å². The zero-order chi connectivity index (χ0) is 10.7. The molecule has 0 saturated heterocycles. The standard InChI is InChI=1S/C12H21N3/c1-10-7-13-15(8-10)9-11(2)14-12-5-3-4-6-12/h7-8,11-12,14H,3-6,9H2,1-2H3. The number of nitrogens with one attached hydrogen (secondary N) is 1. The van der Waals surface area contributed by atoms with E-state index < -0.39 is 0 Å². The predicted molar refractivity (Wildman–Crippen MR) is 61.8 cm³/mol. The Morgan fingerprint density at radius 2 is 2.27 bits per heavy atom. The van der Waals surface area contributed by atoms with Gasteiger partial charge in [0.25, 0.3) is 0 Å². The maximum atomic E-state index is 4.31. The molecule has 0 aromatic carbocycles. The summed E-state index contributed by atoms with van der Waals surface area (Å²) in [6.07, 6.45) is 9.51. The molecule has 3 nitrogen and oxygen atoms in total. The third-order valence-electron chi connectivity index (χ3n) is 3.10. The summed E-state index contributed by atoms with van der Waals surface area (Å²) in [4.78, 5) is 0. The lowest BCUT2D eigenvalue weighted by molar-refractivity contribution is 0.396. The number of hydrogen-bond acceptors (Lipinski definition) is 2. The van der Waals surface area contributed by atoms with Crippen LogP contribution in [-0.4, -0.2) is 21.9 Å². The lowest BCUT2D eigenvalue weighted by atomic mass is 10.2. The monoisotopic (exact) mass is 207 g/mol. The van der Waals surface area contributed by atoms with Crippen LogP contribution in [0.5, 0.6) is 0 Å². The molecule has 0 bridgehead atoms. The molecule has 1 N–H and O–H groups in total. The third-order valence-corrected chi connectivity index (χ3v) is 3.10. The molecule has 1 unspecified atom stereocenters. The average Bonchev–Trinajstić information content (AvgIpc) is 2.77. The van der Waals surface area contributed by atoms with Gasteiger partial charge in [0.15, 0.2) is 0 Å². The first-order valence-electron chi connectivity index (χ1n) is 5.99. The lowest BCUT2D eigenvalue weighted by Crippen LogP contribution is -2.37. The molecule has 0 spiro atoms. The van der Waals surface area contributed by atoms with Crippen LogP contribution in [0.2, 0.25) is 0 Å². The molecule has 1 heterocycles. The summed E-state index contributed by atoms with van der Waals surface area (Å²) in [6.45, 7) is 5.30. The van der Waals surface area contributed by atoms with E-state index in [0.29, 0.717) is 6.04 Å². The highest BCUT2D eigenvalue weighted by atomic mass is 15.3. The topological polar surface area (TPSA) is 29.9 Å². The molecule has 15 heavy (non-hydrogen) atoms. The summed E-state index contributed by atoms with van der Waals surface area (Å²) in [7, 11) is 0. The summed E-state index contributed by atoms with van der Waals surface area (Å²) in [5, 5.41) is 7.98. The van der Waals surface area contributed by atoms with Gasteiger partial charge < -0.3 is 5.32 Å². The highest BCUT2D eigenvalue weighted by molar-refractivity contribution is 4.99. The van der Waals surface area contributed by atoms with Gasteiger partial charge in [0.2, 0.25) is 0 Å². The Kier molecular flexibility index (Phi) is 3.41. The fourth-order valence-electron chi connectivity index (χ4n) is 2.39. The number of nitrogens with zero attached hydrogens (tertiary/aromatic N) is 2. The Bertz CT molecular complexity index is 300. The van der Waals surface area contributed by atoms with Crippen LogP contribution in [0.4, 0.5) is 0 Å². The molecular weight excluding hydrogens is 186 g/mol. The molecule has 1 saturated carbocycles. The maximum absolute atomic E-state index is 4.31. The van der Waals surface area contributed by atoms with Gasteiger partial charge >= 0.3 is 0 Å². The minimum absolute atomic E-state index is 0.521. The van der Waals surface area contributed by atoms with E-state index in [1.54, 1.807) is 0 Å². The van der Waals surface area contributed by atoms with Crippen LogP contribution < -0.4 is 5.32 Å². The van der Waals surface area contributed by atoms with E-state index in [-0.39, 0.29) is 0 Å². The zero-order valence-electron chi connectivity index (χ0n) is 9.74. The van der Waals surface area contributed by atoms with Crippen LogP contribution in [0.1, 0.15) is 38.2 Å². The van der Waals surface area contributed by atoms with E-state index in [1.165, 1.54) is 31.2 Å². The van der Waals surface area contributed by atoms with Crippen molar-refractivity contribution in [3.8, 4) is 0 Å². The van der Waals surface area contributed by atoms with Gasteiger partial charge in [0.1, 0.15) is 0 Å². The van der Waals surface area contributed by atoms with E-state index in [9.17, 15) is 0 Å². The van der Waals surface area contributed by atoms with Gasteiger partial charge in [-0.2, -0.15) is 5.10 Å². The second kappa shape index (κ2) is 4.79. The molecule has 2 rings (SSSR count). The third kappa shape index (κ3) is 3.06. The fourth-order valence-corrected chi connectivity index (χ4v) is 2.39. The Labute approximate surface area is 91.9 Å². The van der Waals surface area contributed by atoms with Crippen LogP contribution in [0, 0.1) is 6.92 Å². The van der Waals surface area contributed by atoms with Crippen LogP contribution in [0.3, 0.4) is 0 Å². The van der Waals surface area contributed by atoms with Crippen molar-refractivity contribution in [1.29, 1.82) is 0 Å². The molecule has 84 valence electrons. The first kappa shape index (κ1) is 10.7. The summed E-state index contributed by atoms with van der Waals surface area (Å²) in [6, 6.07) is 1.27. The van der Waals surface area contributed by atoms with E-state index in [0.717, 1.165) is 12.6 Å². The Morgan fingerprint density at radius 1 is 1.53 bits per heavy atom. The molecule has 0 radical (unpaired) electrons. The van der Waals surface area contributed by atoms with Crippen molar-refractivity contribution < 1.29 is 0 Å². The number of rotatable bonds is 4. The number of aryl methyl sites for hydroxylation is 1. The van der Waals surface area contributed by atoms with Crippen molar-refractivity contribution in [1.82, 2.24) is 15.1 Å². The minimum atomic E-state index is 0.521. The molecule has 1 aliphatic carbocycles. The molecule has 0 aliphatic heterocycles. The SMILES string of the molecule is Cc1cnn(CC(C)NC2CCCC2)c1. The van der Waals surface area contributed by atoms with Gasteiger partial charge in [-0.15, -0.1) is 0 Å². The second-order valence-corrected chi connectivity index (χ2v) is 4.79. The summed E-state index contributed by atoms with van der Waals surface area (Å²) < 4.78 is 2.03. The smallest absolute Gasteiger partial charge is 0.0560 e. The first-order valence-corrected chi connectivity index (χ1v) is 5.99. The molecule has 1 aromatic rings. The van der Waals surface area contributed by atoms with Gasteiger partial charge in [-0.3, -0.25) is 4.68 Å². The normalized spacial score (nSPS) is 19.6. The van der Waals surface area contributed by atoms with Gasteiger partial charge in [-0.05, 0) is 32.3 Å². The molecule has 0 amide bonds.